The van der Waals surface area contributed by atoms with Gasteiger partial charge in [0, 0.05) is 19.2 Å². The van der Waals surface area contributed by atoms with Crippen molar-refractivity contribution in [2.24, 2.45) is 11.8 Å². The summed E-state index contributed by atoms with van der Waals surface area (Å²) in [6, 6.07) is 2.12. The zero-order chi connectivity index (χ0) is 15.0. The first-order valence-corrected chi connectivity index (χ1v) is 7.52. The number of aryl methyl sites for hydroxylation is 1. The Bertz CT molecular complexity index is 553. The van der Waals surface area contributed by atoms with Crippen molar-refractivity contribution in [2.75, 3.05) is 26.2 Å². The molecule has 2 aliphatic heterocycles. The molecule has 0 spiro atoms. The van der Waals surface area contributed by atoms with Gasteiger partial charge in [0.15, 0.2) is 0 Å². The average Bonchev–Trinajstić information content (AvgIpc) is 2.81. The summed E-state index contributed by atoms with van der Waals surface area (Å²) in [6.07, 6.45) is 1.90. The van der Waals surface area contributed by atoms with Gasteiger partial charge in [0.05, 0.1) is 5.56 Å². The second-order valence-corrected chi connectivity index (χ2v) is 6.13. The monoisotopic (exact) mass is 330 g/mol. The van der Waals surface area contributed by atoms with E-state index in [1.54, 1.807) is 11.8 Å². The van der Waals surface area contributed by atoms with E-state index in [9.17, 15) is 13.6 Å². The fraction of sp³-hybridized carbons (Fsp3) is 0.562. The van der Waals surface area contributed by atoms with Gasteiger partial charge in [-0.05, 0) is 56.3 Å². The van der Waals surface area contributed by atoms with Gasteiger partial charge in [-0.1, -0.05) is 0 Å². The van der Waals surface area contributed by atoms with Gasteiger partial charge < -0.3 is 10.2 Å². The minimum absolute atomic E-state index is 0. The summed E-state index contributed by atoms with van der Waals surface area (Å²) in [4.78, 5) is 14.2. The van der Waals surface area contributed by atoms with Crippen LogP contribution >= 0.6 is 12.4 Å². The fourth-order valence-electron chi connectivity index (χ4n) is 3.41. The predicted octanol–water partition coefficient (Wildman–Crippen LogP) is 2.77. The molecular formula is C16H21ClF2N2O. The SMILES string of the molecule is Cc1cc(C(=O)N2CC[C@@H]3CNC[C@@H]3CC2)c(F)cc1F.Cl. The number of carbonyl (C=O) groups is 1. The van der Waals surface area contributed by atoms with Crippen LogP contribution in [0.5, 0.6) is 0 Å². The molecule has 122 valence electrons. The van der Waals surface area contributed by atoms with Crippen molar-refractivity contribution in [3.05, 3.63) is 34.9 Å². The molecule has 0 unspecified atom stereocenters. The van der Waals surface area contributed by atoms with Crippen LogP contribution in [0.1, 0.15) is 28.8 Å². The predicted molar refractivity (Wildman–Crippen MR) is 83.3 cm³/mol. The zero-order valence-electron chi connectivity index (χ0n) is 12.6. The lowest BCUT2D eigenvalue weighted by Gasteiger charge is -2.21. The fourth-order valence-corrected chi connectivity index (χ4v) is 3.41. The molecule has 1 aromatic rings. The maximum Gasteiger partial charge on any atom is 0.256 e. The smallest absolute Gasteiger partial charge is 0.256 e. The van der Waals surface area contributed by atoms with Crippen molar-refractivity contribution >= 4 is 18.3 Å². The highest BCUT2D eigenvalue weighted by Crippen LogP contribution is 2.28. The molecule has 0 aromatic heterocycles. The number of rotatable bonds is 1. The summed E-state index contributed by atoms with van der Waals surface area (Å²) in [5.41, 5.74) is 0.287. The topological polar surface area (TPSA) is 32.3 Å². The summed E-state index contributed by atoms with van der Waals surface area (Å²) in [7, 11) is 0. The first kappa shape index (κ1) is 17.2. The highest BCUT2D eigenvalue weighted by atomic mass is 35.5. The van der Waals surface area contributed by atoms with Crippen molar-refractivity contribution in [1.82, 2.24) is 10.2 Å². The number of fused-ring (bicyclic) bond motifs is 1. The van der Waals surface area contributed by atoms with Crippen LogP contribution in [0.25, 0.3) is 0 Å². The Balaban J connectivity index is 0.00000176. The lowest BCUT2D eigenvalue weighted by Crippen LogP contribution is -2.33. The number of likely N-dealkylation sites (tertiary alicyclic amines) is 1. The van der Waals surface area contributed by atoms with Crippen LogP contribution in [0, 0.1) is 30.4 Å². The number of amides is 1. The number of hydrogen-bond donors (Lipinski definition) is 1. The molecule has 6 heteroatoms. The van der Waals surface area contributed by atoms with Gasteiger partial charge in [-0.2, -0.15) is 0 Å². The Morgan fingerprint density at radius 3 is 2.32 bits per heavy atom. The van der Waals surface area contributed by atoms with Crippen LogP contribution in [-0.2, 0) is 0 Å². The van der Waals surface area contributed by atoms with Crippen molar-refractivity contribution in [1.29, 1.82) is 0 Å². The third-order valence-corrected chi connectivity index (χ3v) is 4.79. The number of nitrogens with one attached hydrogen (secondary N) is 1. The zero-order valence-corrected chi connectivity index (χ0v) is 13.4. The third kappa shape index (κ3) is 3.25. The summed E-state index contributed by atoms with van der Waals surface area (Å²) < 4.78 is 27.2. The molecule has 0 radical (unpaired) electrons. The van der Waals surface area contributed by atoms with Gasteiger partial charge >= 0.3 is 0 Å². The molecular weight excluding hydrogens is 310 g/mol. The summed E-state index contributed by atoms with van der Waals surface area (Å²) in [5, 5.41) is 3.39. The summed E-state index contributed by atoms with van der Waals surface area (Å²) in [6.45, 7) is 4.87. The lowest BCUT2D eigenvalue weighted by molar-refractivity contribution is 0.0753. The number of halogens is 3. The summed E-state index contributed by atoms with van der Waals surface area (Å²) in [5.74, 6) is -0.469. The minimum atomic E-state index is -0.769. The molecule has 22 heavy (non-hydrogen) atoms. The van der Waals surface area contributed by atoms with Crippen LogP contribution < -0.4 is 5.32 Å². The molecule has 2 fully saturated rings. The molecule has 3 nitrogen and oxygen atoms in total. The third-order valence-electron chi connectivity index (χ3n) is 4.79. The van der Waals surface area contributed by atoms with Crippen LogP contribution in [-0.4, -0.2) is 37.0 Å². The number of benzene rings is 1. The molecule has 1 aromatic carbocycles. The van der Waals surface area contributed by atoms with Crippen molar-refractivity contribution in [2.45, 2.75) is 19.8 Å². The molecule has 1 amide bonds. The maximum atomic E-state index is 13.9. The van der Waals surface area contributed by atoms with Crippen molar-refractivity contribution in [3.63, 3.8) is 0 Å². The molecule has 2 heterocycles. The maximum absolute atomic E-state index is 13.9. The van der Waals surface area contributed by atoms with Crippen LogP contribution in [0.4, 0.5) is 8.78 Å². The highest BCUT2D eigenvalue weighted by molar-refractivity contribution is 5.94. The van der Waals surface area contributed by atoms with Crippen LogP contribution in [0.3, 0.4) is 0 Å². The Hall–Kier alpha value is -1.20. The van der Waals surface area contributed by atoms with Crippen molar-refractivity contribution < 1.29 is 13.6 Å². The standard InChI is InChI=1S/C16H20F2N2O.ClH/c1-10-6-13(15(18)7-14(10)17)16(21)20-4-2-11-8-19-9-12(11)3-5-20;/h6-7,11-12,19H,2-5,8-9H2,1H3;1H/t11-,12+;. The van der Waals surface area contributed by atoms with E-state index in [2.05, 4.69) is 5.32 Å². The Labute approximate surface area is 135 Å². The Morgan fingerprint density at radius 2 is 1.73 bits per heavy atom. The van der Waals surface area contributed by atoms with Gasteiger partial charge in [-0.25, -0.2) is 8.78 Å². The van der Waals surface area contributed by atoms with Gasteiger partial charge in [0.25, 0.3) is 5.91 Å². The van der Waals surface area contributed by atoms with E-state index in [0.717, 1.165) is 32.0 Å². The first-order valence-electron chi connectivity index (χ1n) is 7.52. The quantitative estimate of drug-likeness (QED) is 0.858. The first-order chi connectivity index (χ1) is 10.1. The molecule has 0 aliphatic carbocycles. The highest BCUT2D eigenvalue weighted by Gasteiger charge is 2.32. The lowest BCUT2D eigenvalue weighted by atomic mass is 9.92. The van der Waals surface area contributed by atoms with Gasteiger partial charge in [-0.15, -0.1) is 12.4 Å². The molecule has 0 saturated carbocycles. The van der Waals surface area contributed by atoms with E-state index in [1.165, 1.54) is 6.07 Å². The van der Waals surface area contributed by atoms with E-state index in [1.807, 2.05) is 0 Å². The molecule has 2 atom stereocenters. The van der Waals surface area contributed by atoms with E-state index in [0.29, 0.717) is 30.5 Å². The van der Waals surface area contributed by atoms with Gasteiger partial charge in [0.1, 0.15) is 11.6 Å². The van der Waals surface area contributed by atoms with E-state index >= 15 is 0 Å². The van der Waals surface area contributed by atoms with E-state index < -0.39 is 11.6 Å². The molecule has 2 saturated heterocycles. The Morgan fingerprint density at radius 1 is 1.14 bits per heavy atom. The average molecular weight is 331 g/mol. The van der Waals surface area contributed by atoms with Crippen LogP contribution in [0.2, 0.25) is 0 Å². The number of hydrogen-bond acceptors (Lipinski definition) is 2. The molecule has 2 aliphatic rings. The second-order valence-electron chi connectivity index (χ2n) is 6.13. The summed E-state index contributed by atoms with van der Waals surface area (Å²) >= 11 is 0. The van der Waals surface area contributed by atoms with Gasteiger partial charge in [0.2, 0.25) is 0 Å². The largest absolute Gasteiger partial charge is 0.339 e. The normalized spacial score (nSPS) is 24.4. The van der Waals surface area contributed by atoms with E-state index in [-0.39, 0.29) is 23.9 Å². The van der Waals surface area contributed by atoms with Crippen LogP contribution in [0.15, 0.2) is 12.1 Å². The molecule has 0 bridgehead atoms. The second kappa shape index (κ2) is 6.92. The Kier molecular flexibility index (Phi) is 5.40. The minimum Gasteiger partial charge on any atom is -0.339 e. The number of nitrogens with zero attached hydrogens (tertiary/aromatic N) is 1. The molecule has 1 N–H and O–H groups in total. The van der Waals surface area contributed by atoms with Crippen molar-refractivity contribution in [3.8, 4) is 0 Å². The van der Waals surface area contributed by atoms with Gasteiger partial charge in [-0.3, -0.25) is 4.79 Å². The molecule has 3 rings (SSSR count). The number of carbonyl (C=O) groups excluding carboxylic acids is 1. The van der Waals surface area contributed by atoms with E-state index in [4.69, 9.17) is 0 Å².